The second kappa shape index (κ2) is 3.88. The highest BCUT2D eigenvalue weighted by Gasteiger charge is 2.13. The Hall–Kier alpha value is -1.22. The van der Waals surface area contributed by atoms with Gasteiger partial charge in [-0.2, -0.15) is 4.57 Å². The molecule has 0 atom stereocenters. The van der Waals surface area contributed by atoms with Crippen molar-refractivity contribution in [3.63, 3.8) is 0 Å². The van der Waals surface area contributed by atoms with E-state index in [0.717, 1.165) is 0 Å². The number of nitrogens with zero attached hydrogens (tertiary/aromatic N) is 1. The van der Waals surface area contributed by atoms with E-state index in [9.17, 15) is 0 Å². The molecule has 0 spiro atoms. The summed E-state index contributed by atoms with van der Waals surface area (Å²) in [6.07, 6.45) is 6.13. The summed E-state index contributed by atoms with van der Waals surface area (Å²) in [6, 6.07) is 8.31. The first-order valence-corrected chi connectivity index (χ1v) is 5.72. The van der Waals surface area contributed by atoms with Gasteiger partial charge in [0.25, 0.3) is 0 Å². The Labute approximate surface area is 88.0 Å². The summed E-state index contributed by atoms with van der Waals surface area (Å²) in [5, 5.41) is 0. The molecule has 2 aromatic rings. The Kier molecular flexibility index (Phi) is 2.59. The van der Waals surface area contributed by atoms with Crippen molar-refractivity contribution in [2.45, 2.75) is 4.90 Å². The van der Waals surface area contributed by atoms with E-state index >= 15 is 0 Å². The summed E-state index contributed by atoms with van der Waals surface area (Å²) in [4.78, 5) is 4.56. The SMILES string of the molecule is CSc1cc[nH]c1-c1cccc[n+]1C. The fraction of sp³-hybridized carbons (Fsp3) is 0.182. The smallest absolute Gasteiger partial charge is 0.229 e. The van der Waals surface area contributed by atoms with E-state index in [1.807, 2.05) is 12.3 Å². The normalized spacial score (nSPS) is 10.4. The van der Waals surface area contributed by atoms with Gasteiger partial charge in [-0.15, -0.1) is 11.8 Å². The van der Waals surface area contributed by atoms with Crippen molar-refractivity contribution in [3.05, 3.63) is 36.7 Å². The van der Waals surface area contributed by atoms with Gasteiger partial charge in [0.05, 0.1) is 0 Å². The molecule has 0 radical (unpaired) electrons. The van der Waals surface area contributed by atoms with E-state index in [4.69, 9.17) is 0 Å². The van der Waals surface area contributed by atoms with E-state index in [0.29, 0.717) is 0 Å². The monoisotopic (exact) mass is 205 g/mol. The molecule has 0 fully saturated rings. The Morgan fingerprint density at radius 3 is 2.86 bits per heavy atom. The van der Waals surface area contributed by atoms with Crippen LogP contribution in [0.25, 0.3) is 11.4 Å². The van der Waals surface area contributed by atoms with Crippen molar-refractivity contribution < 1.29 is 4.57 Å². The van der Waals surface area contributed by atoms with Gasteiger partial charge in [-0.3, -0.25) is 0 Å². The fourth-order valence-corrected chi connectivity index (χ4v) is 2.08. The van der Waals surface area contributed by atoms with Crippen LogP contribution in [-0.4, -0.2) is 11.2 Å². The molecule has 2 aromatic heterocycles. The van der Waals surface area contributed by atoms with Gasteiger partial charge in [0, 0.05) is 23.2 Å². The maximum Gasteiger partial charge on any atom is 0.229 e. The number of rotatable bonds is 2. The topological polar surface area (TPSA) is 19.7 Å². The molecule has 0 amide bonds. The van der Waals surface area contributed by atoms with Gasteiger partial charge in [0.2, 0.25) is 5.69 Å². The Bertz CT molecular complexity index is 434. The molecule has 0 aromatic carbocycles. The molecule has 0 saturated heterocycles. The van der Waals surface area contributed by atoms with Crippen LogP contribution in [-0.2, 0) is 7.05 Å². The maximum atomic E-state index is 3.27. The average molecular weight is 205 g/mol. The first-order valence-electron chi connectivity index (χ1n) is 4.49. The molecule has 0 aliphatic heterocycles. The summed E-state index contributed by atoms with van der Waals surface area (Å²) in [5.74, 6) is 0. The van der Waals surface area contributed by atoms with E-state index in [1.54, 1.807) is 11.8 Å². The second-order valence-corrected chi connectivity index (χ2v) is 3.97. The highest BCUT2D eigenvalue weighted by Crippen LogP contribution is 2.26. The first-order chi connectivity index (χ1) is 6.83. The number of hydrogen-bond donors (Lipinski definition) is 1. The van der Waals surface area contributed by atoms with Crippen molar-refractivity contribution in [2.24, 2.45) is 7.05 Å². The third-order valence-corrected chi connectivity index (χ3v) is 3.02. The minimum absolute atomic E-state index is 1.20. The lowest BCUT2D eigenvalue weighted by molar-refractivity contribution is -0.660. The zero-order chi connectivity index (χ0) is 9.97. The Morgan fingerprint density at radius 1 is 1.29 bits per heavy atom. The van der Waals surface area contributed by atoms with Gasteiger partial charge in [0.15, 0.2) is 6.20 Å². The minimum atomic E-state index is 1.20. The van der Waals surface area contributed by atoms with Crippen LogP contribution in [0.5, 0.6) is 0 Å². The minimum Gasteiger partial charge on any atom is -0.355 e. The molecule has 0 unspecified atom stereocenters. The van der Waals surface area contributed by atoms with Crippen LogP contribution in [0.3, 0.4) is 0 Å². The zero-order valence-corrected chi connectivity index (χ0v) is 9.14. The predicted molar refractivity (Wildman–Crippen MR) is 59.2 cm³/mol. The van der Waals surface area contributed by atoms with Crippen molar-refractivity contribution in [1.82, 2.24) is 4.98 Å². The molecule has 0 aliphatic carbocycles. The number of thioether (sulfide) groups is 1. The number of aromatic nitrogens is 2. The van der Waals surface area contributed by atoms with Crippen molar-refractivity contribution >= 4 is 11.8 Å². The lowest BCUT2D eigenvalue weighted by Crippen LogP contribution is -2.30. The average Bonchev–Trinajstić information content (AvgIpc) is 2.66. The van der Waals surface area contributed by atoms with E-state index in [2.05, 4.69) is 47.3 Å². The molecule has 2 rings (SSSR count). The summed E-state index contributed by atoms with van der Waals surface area (Å²) in [5.41, 5.74) is 2.41. The molecular weight excluding hydrogens is 192 g/mol. The molecule has 0 bridgehead atoms. The summed E-state index contributed by atoms with van der Waals surface area (Å²) >= 11 is 1.76. The summed E-state index contributed by atoms with van der Waals surface area (Å²) in [6.45, 7) is 0. The highest BCUT2D eigenvalue weighted by atomic mass is 32.2. The number of aromatic amines is 1. The number of nitrogens with one attached hydrogen (secondary N) is 1. The Morgan fingerprint density at radius 2 is 2.14 bits per heavy atom. The van der Waals surface area contributed by atoms with Crippen LogP contribution in [0.2, 0.25) is 0 Å². The largest absolute Gasteiger partial charge is 0.355 e. The van der Waals surface area contributed by atoms with E-state index in [-0.39, 0.29) is 0 Å². The third kappa shape index (κ3) is 1.55. The lowest BCUT2D eigenvalue weighted by atomic mass is 10.2. The van der Waals surface area contributed by atoms with E-state index < -0.39 is 0 Å². The van der Waals surface area contributed by atoms with Gasteiger partial charge >= 0.3 is 0 Å². The van der Waals surface area contributed by atoms with Crippen LogP contribution in [0, 0.1) is 0 Å². The first kappa shape index (κ1) is 9.34. The van der Waals surface area contributed by atoms with Crippen LogP contribution in [0.15, 0.2) is 41.6 Å². The van der Waals surface area contributed by atoms with Gasteiger partial charge in [-0.25, -0.2) is 0 Å². The molecular formula is C11H13N2S+. The summed E-state index contributed by atoms with van der Waals surface area (Å²) in [7, 11) is 2.06. The zero-order valence-electron chi connectivity index (χ0n) is 8.32. The van der Waals surface area contributed by atoms with Crippen molar-refractivity contribution in [1.29, 1.82) is 0 Å². The molecule has 1 N–H and O–H groups in total. The number of H-pyrrole nitrogens is 1. The van der Waals surface area contributed by atoms with Gasteiger partial charge < -0.3 is 4.98 Å². The lowest BCUT2D eigenvalue weighted by Gasteiger charge is -1.99. The van der Waals surface area contributed by atoms with Gasteiger partial charge in [-0.1, -0.05) is 0 Å². The summed E-state index contributed by atoms with van der Waals surface area (Å²) < 4.78 is 2.12. The Balaban J connectivity index is 2.54. The van der Waals surface area contributed by atoms with Gasteiger partial charge in [0.1, 0.15) is 12.7 Å². The van der Waals surface area contributed by atoms with Crippen LogP contribution in [0.4, 0.5) is 0 Å². The van der Waals surface area contributed by atoms with Crippen molar-refractivity contribution in [3.8, 4) is 11.4 Å². The highest BCUT2D eigenvalue weighted by molar-refractivity contribution is 7.98. The van der Waals surface area contributed by atoms with Crippen LogP contribution >= 0.6 is 11.8 Å². The molecule has 3 heteroatoms. The van der Waals surface area contributed by atoms with Crippen molar-refractivity contribution in [2.75, 3.05) is 6.26 Å². The number of pyridine rings is 1. The number of aryl methyl sites for hydroxylation is 1. The predicted octanol–water partition coefficient (Wildman–Crippen LogP) is 2.23. The number of hydrogen-bond acceptors (Lipinski definition) is 1. The molecule has 72 valence electrons. The molecule has 2 heterocycles. The molecule has 14 heavy (non-hydrogen) atoms. The third-order valence-electron chi connectivity index (χ3n) is 2.24. The van der Waals surface area contributed by atoms with Crippen LogP contribution < -0.4 is 4.57 Å². The molecule has 0 saturated carbocycles. The maximum absolute atomic E-state index is 3.27. The molecule has 0 aliphatic rings. The standard InChI is InChI=1S/C11H12N2S/c1-13-8-4-3-5-9(13)11-10(14-2)6-7-12-11/h3-8H,1-2H3/p+1. The van der Waals surface area contributed by atoms with Crippen LogP contribution in [0.1, 0.15) is 0 Å². The fourth-order valence-electron chi connectivity index (χ4n) is 1.51. The van der Waals surface area contributed by atoms with Gasteiger partial charge in [-0.05, 0) is 18.4 Å². The quantitative estimate of drug-likeness (QED) is 0.588. The molecule has 2 nitrogen and oxygen atoms in total. The van der Waals surface area contributed by atoms with E-state index in [1.165, 1.54) is 16.3 Å². The second-order valence-electron chi connectivity index (χ2n) is 3.12.